The highest BCUT2D eigenvalue weighted by Gasteiger charge is 2.65. The second-order valence-corrected chi connectivity index (χ2v) is 7.74. The van der Waals surface area contributed by atoms with Gasteiger partial charge in [-0.15, -0.1) is 0 Å². The number of carbonyl (C=O) groups excluding carboxylic acids is 1. The first kappa shape index (κ1) is 17.5. The highest BCUT2D eigenvalue weighted by atomic mass is 16.4. The SMILES string of the molecule is CN(Cc1ccccc1)C(=O)C1(C)CCC(C)(C(=O)O)C1(C)C. The number of hydrogen-bond acceptors (Lipinski definition) is 2. The van der Waals surface area contributed by atoms with Gasteiger partial charge in [0.05, 0.1) is 10.8 Å². The van der Waals surface area contributed by atoms with Crippen molar-refractivity contribution >= 4 is 11.9 Å². The summed E-state index contributed by atoms with van der Waals surface area (Å²) < 4.78 is 0. The molecule has 1 N–H and O–H groups in total. The van der Waals surface area contributed by atoms with Crippen molar-refractivity contribution in [1.82, 2.24) is 4.90 Å². The molecule has 0 radical (unpaired) electrons. The summed E-state index contributed by atoms with van der Waals surface area (Å²) in [6, 6.07) is 9.85. The first-order valence-electron chi connectivity index (χ1n) is 8.09. The van der Waals surface area contributed by atoms with E-state index in [0.29, 0.717) is 19.4 Å². The third-order valence-corrected chi connectivity index (χ3v) is 6.44. The molecule has 0 bridgehead atoms. The Morgan fingerprint density at radius 2 is 1.57 bits per heavy atom. The van der Waals surface area contributed by atoms with Crippen LogP contribution < -0.4 is 0 Å². The molecular formula is C19H27NO3. The lowest BCUT2D eigenvalue weighted by molar-refractivity contribution is -0.161. The fourth-order valence-corrected chi connectivity index (χ4v) is 3.83. The van der Waals surface area contributed by atoms with E-state index in [1.807, 2.05) is 51.1 Å². The van der Waals surface area contributed by atoms with Gasteiger partial charge in [0, 0.05) is 13.6 Å². The lowest BCUT2D eigenvalue weighted by Crippen LogP contribution is -2.51. The van der Waals surface area contributed by atoms with Gasteiger partial charge in [-0.3, -0.25) is 9.59 Å². The number of nitrogens with zero attached hydrogens (tertiary/aromatic N) is 1. The third kappa shape index (κ3) is 2.54. The van der Waals surface area contributed by atoms with Crippen molar-refractivity contribution in [3.8, 4) is 0 Å². The van der Waals surface area contributed by atoms with Crippen LogP contribution in [0.15, 0.2) is 30.3 Å². The zero-order valence-electron chi connectivity index (χ0n) is 14.7. The maximum absolute atomic E-state index is 13.1. The quantitative estimate of drug-likeness (QED) is 0.923. The van der Waals surface area contributed by atoms with Gasteiger partial charge in [0.1, 0.15) is 0 Å². The lowest BCUT2D eigenvalue weighted by atomic mass is 9.59. The highest BCUT2D eigenvalue weighted by molar-refractivity contribution is 5.86. The number of benzene rings is 1. The molecule has 2 rings (SSSR count). The number of carboxylic acids is 1. The van der Waals surface area contributed by atoms with Gasteiger partial charge in [0.25, 0.3) is 0 Å². The van der Waals surface area contributed by atoms with Crippen molar-refractivity contribution < 1.29 is 14.7 Å². The Bertz CT molecular complexity index is 610. The number of aliphatic carboxylic acids is 1. The molecule has 2 unspecified atom stereocenters. The van der Waals surface area contributed by atoms with Gasteiger partial charge in [-0.25, -0.2) is 0 Å². The van der Waals surface area contributed by atoms with Crippen LogP contribution in [-0.2, 0) is 16.1 Å². The Labute approximate surface area is 138 Å². The van der Waals surface area contributed by atoms with E-state index in [1.165, 1.54) is 0 Å². The highest BCUT2D eigenvalue weighted by Crippen LogP contribution is 2.63. The maximum atomic E-state index is 13.1. The Morgan fingerprint density at radius 1 is 1.04 bits per heavy atom. The molecule has 0 aliphatic heterocycles. The second kappa shape index (κ2) is 5.66. The monoisotopic (exact) mass is 317 g/mol. The Morgan fingerprint density at radius 3 is 2.04 bits per heavy atom. The predicted molar refractivity (Wildman–Crippen MR) is 89.8 cm³/mol. The second-order valence-electron chi connectivity index (χ2n) is 7.74. The van der Waals surface area contributed by atoms with E-state index in [-0.39, 0.29) is 5.91 Å². The molecule has 1 aliphatic carbocycles. The Kier molecular flexibility index (Phi) is 4.31. The molecule has 1 saturated carbocycles. The fraction of sp³-hybridized carbons (Fsp3) is 0.579. The molecule has 1 aromatic carbocycles. The van der Waals surface area contributed by atoms with Crippen molar-refractivity contribution in [3.63, 3.8) is 0 Å². The van der Waals surface area contributed by atoms with E-state index in [4.69, 9.17) is 0 Å². The molecule has 1 aliphatic rings. The molecule has 0 spiro atoms. The standard InChI is InChI=1S/C19H27NO3/c1-17(2)18(3,11-12-19(17,4)16(22)23)15(21)20(5)13-14-9-7-6-8-10-14/h6-10H,11-13H2,1-5H3,(H,22,23). The van der Waals surface area contributed by atoms with Gasteiger partial charge in [0.2, 0.25) is 5.91 Å². The van der Waals surface area contributed by atoms with Gasteiger partial charge in [0.15, 0.2) is 0 Å². The van der Waals surface area contributed by atoms with Crippen molar-refractivity contribution in [2.45, 2.75) is 47.1 Å². The summed E-state index contributed by atoms with van der Waals surface area (Å²) >= 11 is 0. The Hall–Kier alpha value is -1.84. The van der Waals surface area contributed by atoms with E-state index in [2.05, 4.69) is 0 Å². The first-order valence-corrected chi connectivity index (χ1v) is 8.09. The number of hydrogen-bond donors (Lipinski definition) is 1. The van der Waals surface area contributed by atoms with Crippen LogP contribution in [0.3, 0.4) is 0 Å². The minimum Gasteiger partial charge on any atom is -0.481 e. The zero-order chi connectivity index (χ0) is 17.5. The van der Waals surface area contributed by atoms with E-state index >= 15 is 0 Å². The summed E-state index contributed by atoms with van der Waals surface area (Å²) in [5.41, 5.74) is -1.11. The van der Waals surface area contributed by atoms with E-state index in [0.717, 1.165) is 5.56 Å². The summed E-state index contributed by atoms with van der Waals surface area (Å²) in [6.07, 6.45) is 1.12. The zero-order valence-corrected chi connectivity index (χ0v) is 14.7. The Balaban J connectivity index is 2.26. The smallest absolute Gasteiger partial charge is 0.309 e. The fourth-order valence-electron chi connectivity index (χ4n) is 3.83. The summed E-state index contributed by atoms with van der Waals surface area (Å²) in [5.74, 6) is -0.791. The van der Waals surface area contributed by atoms with Gasteiger partial charge in [-0.2, -0.15) is 0 Å². The average molecular weight is 317 g/mol. The molecule has 4 nitrogen and oxygen atoms in total. The van der Waals surface area contributed by atoms with Crippen molar-refractivity contribution in [2.75, 3.05) is 7.05 Å². The molecule has 23 heavy (non-hydrogen) atoms. The molecule has 0 aromatic heterocycles. The van der Waals surface area contributed by atoms with E-state index in [9.17, 15) is 14.7 Å². The van der Waals surface area contributed by atoms with Gasteiger partial charge >= 0.3 is 5.97 Å². The third-order valence-electron chi connectivity index (χ3n) is 6.44. The molecule has 4 heteroatoms. The van der Waals surface area contributed by atoms with E-state index < -0.39 is 22.2 Å². The molecule has 126 valence electrons. The van der Waals surface area contributed by atoms with Crippen molar-refractivity contribution in [2.24, 2.45) is 16.2 Å². The average Bonchev–Trinajstić information content (AvgIpc) is 2.69. The molecular weight excluding hydrogens is 290 g/mol. The molecule has 1 amide bonds. The van der Waals surface area contributed by atoms with Crippen LogP contribution in [-0.4, -0.2) is 28.9 Å². The minimum atomic E-state index is -0.884. The predicted octanol–water partition coefficient (Wildman–Crippen LogP) is 3.56. The normalized spacial score (nSPS) is 29.3. The van der Waals surface area contributed by atoms with E-state index in [1.54, 1.807) is 18.9 Å². The number of amides is 1. The summed E-state index contributed by atoms with van der Waals surface area (Å²) in [4.78, 5) is 26.6. The van der Waals surface area contributed by atoms with Crippen LogP contribution in [0.5, 0.6) is 0 Å². The van der Waals surface area contributed by atoms with Crippen LogP contribution in [0.1, 0.15) is 46.1 Å². The molecule has 1 fully saturated rings. The summed E-state index contributed by atoms with van der Waals surface area (Å²) in [5, 5.41) is 9.67. The minimum absolute atomic E-state index is 0.0244. The number of rotatable bonds is 4. The van der Waals surface area contributed by atoms with Gasteiger partial charge in [-0.05, 0) is 30.7 Å². The first-order chi connectivity index (χ1) is 10.6. The molecule has 1 aromatic rings. The largest absolute Gasteiger partial charge is 0.481 e. The van der Waals surface area contributed by atoms with Crippen LogP contribution in [0.2, 0.25) is 0 Å². The van der Waals surface area contributed by atoms with Gasteiger partial charge in [-0.1, -0.05) is 51.1 Å². The van der Waals surface area contributed by atoms with Crippen LogP contribution in [0.4, 0.5) is 0 Å². The molecule has 0 heterocycles. The maximum Gasteiger partial charge on any atom is 0.309 e. The molecule has 2 atom stereocenters. The van der Waals surface area contributed by atoms with Gasteiger partial charge < -0.3 is 10.0 Å². The van der Waals surface area contributed by atoms with Crippen LogP contribution in [0, 0.1) is 16.2 Å². The number of carbonyl (C=O) groups is 2. The lowest BCUT2D eigenvalue weighted by Gasteiger charge is -2.45. The van der Waals surface area contributed by atoms with Crippen molar-refractivity contribution in [3.05, 3.63) is 35.9 Å². The summed E-state index contributed by atoms with van der Waals surface area (Å²) in [6.45, 7) is 8.07. The van der Waals surface area contributed by atoms with Crippen LogP contribution in [0.25, 0.3) is 0 Å². The number of carboxylic acid groups (broad SMARTS) is 1. The topological polar surface area (TPSA) is 57.6 Å². The summed E-state index contributed by atoms with van der Waals surface area (Å²) in [7, 11) is 1.80. The molecule has 0 saturated heterocycles. The van der Waals surface area contributed by atoms with Crippen molar-refractivity contribution in [1.29, 1.82) is 0 Å². The van der Waals surface area contributed by atoms with Crippen LogP contribution >= 0.6 is 0 Å².